The number of imide groups is 1. The van der Waals surface area contributed by atoms with Crippen LogP contribution < -0.4 is 15.1 Å². The molecule has 0 bridgehead atoms. The lowest BCUT2D eigenvalue weighted by atomic mass is 9.95. The van der Waals surface area contributed by atoms with Crippen molar-refractivity contribution in [3.63, 3.8) is 0 Å². The Labute approximate surface area is 303 Å². The molecule has 2 aromatic carbocycles. The van der Waals surface area contributed by atoms with E-state index in [9.17, 15) is 28.0 Å². The summed E-state index contributed by atoms with van der Waals surface area (Å²) in [6.07, 6.45) is 3.38. The van der Waals surface area contributed by atoms with Gasteiger partial charge in [0.1, 0.15) is 11.7 Å². The van der Waals surface area contributed by atoms with Gasteiger partial charge in [0.2, 0.25) is 18.2 Å². The van der Waals surface area contributed by atoms with Crippen molar-refractivity contribution in [2.75, 3.05) is 42.5 Å². The highest BCUT2D eigenvalue weighted by Gasteiger charge is 2.39. The molecule has 52 heavy (non-hydrogen) atoms. The molecule has 6 heterocycles. The van der Waals surface area contributed by atoms with Crippen molar-refractivity contribution in [3.8, 4) is 11.1 Å². The summed E-state index contributed by atoms with van der Waals surface area (Å²) >= 11 is 6.79. The smallest absolute Gasteiger partial charge is 0.324 e. The number of anilines is 2. The van der Waals surface area contributed by atoms with Gasteiger partial charge in [0, 0.05) is 92.4 Å². The van der Waals surface area contributed by atoms with Crippen molar-refractivity contribution < 1.29 is 28.0 Å². The number of pyridine rings is 1. The Kier molecular flexibility index (Phi) is 9.06. The molecule has 2 aromatic heterocycles. The molecule has 14 heteroatoms. The standard InChI is InChI=1S/C38H38ClF2N7O4/c39-34-29(19-43-35-33(34)25(18-42-35)16-31(40)41)23-3-1-4-27(15-23)47-12-2-11-46(38(47)52)20-22-9-13-45(14-10-22)26-6-5-24-21-48(37(51)28(24)17-26)30-7-8-32(49)44-36(30)50/h1,3-6,15,17-19,22,30-31H,2,7-14,16,20-21H2,(H,42,43)(H,44,49,50). The fraction of sp³-hybridized carbons (Fsp3) is 0.395. The van der Waals surface area contributed by atoms with Crippen molar-refractivity contribution in [2.24, 2.45) is 5.92 Å². The average Bonchev–Trinajstić information content (AvgIpc) is 3.69. The molecule has 3 saturated heterocycles. The van der Waals surface area contributed by atoms with E-state index in [2.05, 4.69) is 20.2 Å². The number of hydrogen-bond acceptors (Lipinski definition) is 6. The number of alkyl halides is 2. The fourth-order valence-corrected chi connectivity index (χ4v) is 8.47. The molecule has 1 unspecified atom stereocenters. The largest absolute Gasteiger partial charge is 0.371 e. The number of H-pyrrole nitrogens is 1. The van der Waals surface area contributed by atoms with E-state index < -0.39 is 24.8 Å². The van der Waals surface area contributed by atoms with Crippen molar-refractivity contribution in [1.29, 1.82) is 0 Å². The third kappa shape index (κ3) is 6.35. The van der Waals surface area contributed by atoms with Gasteiger partial charge in [-0.2, -0.15) is 0 Å². The van der Waals surface area contributed by atoms with Crippen LogP contribution in [0.25, 0.3) is 22.2 Å². The summed E-state index contributed by atoms with van der Waals surface area (Å²) in [4.78, 5) is 66.2. The first-order valence-corrected chi connectivity index (χ1v) is 18.1. The van der Waals surface area contributed by atoms with Crippen LogP contribution in [0.4, 0.5) is 25.0 Å². The molecule has 8 rings (SSSR count). The molecule has 4 aromatic rings. The number of benzene rings is 2. The molecule has 4 aliphatic rings. The van der Waals surface area contributed by atoms with Crippen LogP contribution in [-0.4, -0.2) is 88.7 Å². The van der Waals surface area contributed by atoms with Crippen molar-refractivity contribution in [1.82, 2.24) is 25.1 Å². The van der Waals surface area contributed by atoms with Gasteiger partial charge in [-0.25, -0.2) is 18.6 Å². The van der Waals surface area contributed by atoms with Crippen LogP contribution in [0.1, 0.15) is 53.6 Å². The van der Waals surface area contributed by atoms with Gasteiger partial charge in [-0.05, 0) is 72.6 Å². The van der Waals surface area contributed by atoms with Gasteiger partial charge >= 0.3 is 6.03 Å². The van der Waals surface area contributed by atoms with Crippen LogP contribution in [-0.2, 0) is 22.6 Å². The highest BCUT2D eigenvalue weighted by molar-refractivity contribution is 6.38. The molecule has 11 nitrogen and oxygen atoms in total. The maximum absolute atomic E-state index is 13.9. The van der Waals surface area contributed by atoms with Crippen molar-refractivity contribution >= 4 is 57.8 Å². The number of aromatic amines is 1. The number of nitrogens with zero attached hydrogens (tertiary/aromatic N) is 5. The number of nitrogens with one attached hydrogen (secondary N) is 2. The quantitative estimate of drug-likeness (QED) is 0.215. The number of aromatic nitrogens is 2. The Morgan fingerprint density at radius 3 is 2.56 bits per heavy atom. The summed E-state index contributed by atoms with van der Waals surface area (Å²) in [5.41, 5.74) is 5.41. The Morgan fingerprint density at radius 1 is 0.942 bits per heavy atom. The van der Waals surface area contributed by atoms with Gasteiger partial charge in [0.25, 0.3) is 5.91 Å². The predicted molar refractivity (Wildman–Crippen MR) is 193 cm³/mol. The van der Waals surface area contributed by atoms with Gasteiger partial charge in [-0.15, -0.1) is 0 Å². The van der Waals surface area contributed by atoms with E-state index in [1.54, 1.807) is 16.0 Å². The molecular formula is C38H38ClF2N7O4. The van der Waals surface area contributed by atoms with Crippen LogP contribution in [0.3, 0.4) is 0 Å². The Hall–Kier alpha value is -5.04. The maximum atomic E-state index is 13.9. The fourth-order valence-electron chi connectivity index (χ4n) is 8.10. The van der Waals surface area contributed by atoms with Gasteiger partial charge < -0.3 is 19.7 Å². The van der Waals surface area contributed by atoms with Crippen LogP contribution in [0.5, 0.6) is 0 Å². The highest BCUT2D eigenvalue weighted by Crippen LogP contribution is 2.38. The second kappa shape index (κ2) is 13.8. The minimum atomic E-state index is -2.51. The average molecular weight is 730 g/mol. The Morgan fingerprint density at radius 2 is 1.77 bits per heavy atom. The molecule has 0 saturated carbocycles. The normalized spacial score (nSPS) is 20.0. The summed E-state index contributed by atoms with van der Waals surface area (Å²) < 4.78 is 26.4. The van der Waals surface area contributed by atoms with E-state index in [4.69, 9.17) is 11.6 Å². The molecule has 0 radical (unpaired) electrons. The second-order valence-electron chi connectivity index (χ2n) is 14.1. The van der Waals surface area contributed by atoms with Crippen LogP contribution in [0.2, 0.25) is 5.02 Å². The molecule has 0 aliphatic carbocycles. The van der Waals surface area contributed by atoms with Crippen molar-refractivity contribution in [2.45, 2.75) is 57.5 Å². The van der Waals surface area contributed by atoms with Gasteiger partial charge in [-0.3, -0.25) is 24.6 Å². The van der Waals surface area contributed by atoms with Gasteiger partial charge in [0.05, 0.1) is 5.02 Å². The van der Waals surface area contributed by atoms with Crippen LogP contribution in [0.15, 0.2) is 54.9 Å². The lowest BCUT2D eigenvalue weighted by Gasteiger charge is -2.40. The zero-order chi connectivity index (χ0) is 36.1. The monoisotopic (exact) mass is 729 g/mol. The highest BCUT2D eigenvalue weighted by atomic mass is 35.5. The minimum Gasteiger partial charge on any atom is -0.371 e. The first-order chi connectivity index (χ1) is 25.1. The third-order valence-electron chi connectivity index (χ3n) is 10.8. The lowest BCUT2D eigenvalue weighted by Crippen LogP contribution is -2.52. The molecule has 1 atom stereocenters. The summed E-state index contributed by atoms with van der Waals surface area (Å²) in [5, 5.41) is 3.18. The van der Waals surface area contributed by atoms with E-state index in [1.807, 2.05) is 47.4 Å². The molecule has 2 N–H and O–H groups in total. The number of urea groups is 1. The number of fused-ring (bicyclic) bond motifs is 2. The molecule has 5 amide bonds. The zero-order valence-electron chi connectivity index (χ0n) is 28.4. The van der Waals surface area contributed by atoms with E-state index >= 15 is 0 Å². The first-order valence-electron chi connectivity index (χ1n) is 17.8. The second-order valence-corrected chi connectivity index (χ2v) is 14.5. The predicted octanol–water partition coefficient (Wildman–Crippen LogP) is 6.00. The maximum Gasteiger partial charge on any atom is 0.324 e. The molecule has 270 valence electrons. The number of rotatable bonds is 8. The molecular weight excluding hydrogens is 692 g/mol. The summed E-state index contributed by atoms with van der Waals surface area (Å²) in [5.74, 6) is -0.574. The van der Waals surface area contributed by atoms with E-state index in [-0.39, 0.29) is 24.3 Å². The minimum absolute atomic E-state index is 0.0481. The topological polar surface area (TPSA) is 122 Å². The van der Waals surface area contributed by atoms with Crippen molar-refractivity contribution in [3.05, 3.63) is 76.6 Å². The van der Waals surface area contributed by atoms with Crippen LogP contribution in [0, 0.1) is 5.92 Å². The summed E-state index contributed by atoms with van der Waals surface area (Å²) in [6.45, 7) is 3.85. The van der Waals surface area contributed by atoms with Gasteiger partial charge in [0.15, 0.2) is 0 Å². The summed E-state index contributed by atoms with van der Waals surface area (Å²) in [7, 11) is 0. The SMILES string of the molecule is O=C1CCC(N2Cc3ccc(N4CCC(CN5CCCN(c6cccc(-c7cnc8[nH]cc(CC(F)F)c8c7Cl)c6)C5=O)CC4)cc3C2=O)C(=O)N1. The van der Waals surface area contributed by atoms with E-state index in [0.717, 1.165) is 54.9 Å². The van der Waals surface area contributed by atoms with Crippen LogP contribution >= 0.6 is 11.6 Å². The zero-order valence-corrected chi connectivity index (χ0v) is 29.2. The molecule has 0 spiro atoms. The van der Waals surface area contributed by atoms with E-state index in [0.29, 0.717) is 71.3 Å². The molecule has 4 aliphatic heterocycles. The van der Waals surface area contributed by atoms with Gasteiger partial charge in [-0.1, -0.05) is 29.8 Å². The Bertz CT molecular complexity index is 2080. The molecule has 3 fully saturated rings. The third-order valence-corrected chi connectivity index (χ3v) is 11.2. The first kappa shape index (κ1) is 34.1. The number of amides is 5. The number of hydrogen-bond donors (Lipinski definition) is 2. The van der Waals surface area contributed by atoms with E-state index in [1.165, 1.54) is 6.20 Å². The Balaban J connectivity index is 0.904. The number of carbonyl (C=O) groups excluding carboxylic acids is 4. The summed E-state index contributed by atoms with van der Waals surface area (Å²) in [6, 6.07) is 12.8. The number of carbonyl (C=O) groups is 4. The lowest BCUT2D eigenvalue weighted by molar-refractivity contribution is -0.136. The number of piperidine rings is 2. The number of halogens is 3.